The van der Waals surface area contributed by atoms with Gasteiger partial charge >= 0.3 is 53.6 Å². The van der Waals surface area contributed by atoms with Crippen molar-refractivity contribution in [2.24, 2.45) is 0 Å². The highest BCUT2D eigenvalue weighted by atomic mass is 19.4. The fourth-order valence-corrected chi connectivity index (χ4v) is 2.74. The number of aliphatic hydroxyl groups excluding tert-OH is 2. The van der Waals surface area contributed by atoms with Crippen LogP contribution in [0.25, 0.3) is 0 Å². The second-order valence-electron chi connectivity index (χ2n) is 7.99. The molecule has 0 aliphatic carbocycles. The molecule has 0 aliphatic rings. The second-order valence-corrected chi connectivity index (χ2v) is 7.99. The molecule has 5 nitrogen and oxygen atoms in total. The number of hydrogen-bond acceptors (Lipinski definition) is 4. The zero-order valence-electron chi connectivity index (χ0n) is 19.4. The quantitative estimate of drug-likeness (QED) is 0.170. The molecule has 24 heteroatoms. The maximum atomic E-state index is 13.8. The van der Waals surface area contributed by atoms with Gasteiger partial charge in [0.1, 0.15) is 0 Å². The van der Waals surface area contributed by atoms with E-state index in [1.165, 1.54) is 0 Å². The van der Waals surface area contributed by atoms with Crippen molar-refractivity contribution in [3.63, 3.8) is 0 Å². The number of hydrogen-bond donors (Lipinski definition) is 3. The number of aliphatic hydroxyl groups is 2. The van der Waals surface area contributed by atoms with Crippen molar-refractivity contribution in [1.29, 1.82) is 0 Å². The Morgan fingerprint density at radius 1 is 0.512 bits per heavy atom. The van der Waals surface area contributed by atoms with Gasteiger partial charge in [-0.15, -0.1) is 0 Å². The zero-order chi connectivity index (χ0) is 33.3. The van der Waals surface area contributed by atoms with Gasteiger partial charge in [0.05, 0.1) is 13.2 Å². The summed E-state index contributed by atoms with van der Waals surface area (Å²) in [5.41, 5.74) is 0. The zero-order valence-corrected chi connectivity index (χ0v) is 19.4. The number of nitrogens with zero attached hydrogens (tertiary/aromatic N) is 1. The van der Waals surface area contributed by atoms with Crippen LogP contribution in [0.4, 0.5) is 83.4 Å². The van der Waals surface area contributed by atoms with E-state index in [1.807, 2.05) is 0 Å². The summed E-state index contributed by atoms with van der Waals surface area (Å²) in [7, 11) is 0. The number of carbonyl (C=O) groups excluding carboxylic acids is 1. The number of halogens is 19. The molecule has 0 heterocycles. The van der Waals surface area contributed by atoms with Gasteiger partial charge in [-0.3, -0.25) is 9.69 Å². The van der Waals surface area contributed by atoms with Crippen LogP contribution < -0.4 is 5.32 Å². The van der Waals surface area contributed by atoms with Gasteiger partial charge in [-0.05, 0) is 13.0 Å². The Labute approximate surface area is 215 Å². The molecular weight excluding hydrogens is 641 g/mol. The summed E-state index contributed by atoms with van der Waals surface area (Å²) in [6.45, 7) is -3.15. The molecular formula is C17H17F19N2O3. The average molecular weight is 658 g/mol. The van der Waals surface area contributed by atoms with Crippen LogP contribution in [0.3, 0.4) is 0 Å². The molecule has 0 aromatic rings. The van der Waals surface area contributed by atoms with Crippen LogP contribution in [0.5, 0.6) is 0 Å². The van der Waals surface area contributed by atoms with Gasteiger partial charge in [-0.1, -0.05) is 0 Å². The Morgan fingerprint density at radius 2 is 0.829 bits per heavy atom. The summed E-state index contributed by atoms with van der Waals surface area (Å²) in [6.07, 6.45) is -8.57. The minimum atomic E-state index is -9.06. The summed E-state index contributed by atoms with van der Waals surface area (Å²) in [6, 6.07) is 0. The van der Waals surface area contributed by atoms with Crippen molar-refractivity contribution >= 4 is 5.91 Å². The smallest absolute Gasteiger partial charge is 0.395 e. The van der Waals surface area contributed by atoms with Crippen LogP contribution >= 0.6 is 0 Å². The molecule has 0 saturated heterocycles. The van der Waals surface area contributed by atoms with Gasteiger partial charge in [0, 0.05) is 19.6 Å². The molecule has 0 rings (SSSR count). The van der Waals surface area contributed by atoms with Gasteiger partial charge in [0.15, 0.2) is 0 Å². The molecule has 41 heavy (non-hydrogen) atoms. The molecule has 246 valence electrons. The lowest BCUT2D eigenvalue weighted by atomic mass is 9.87. The first-order valence-electron chi connectivity index (χ1n) is 10.2. The van der Waals surface area contributed by atoms with Crippen LogP contribution in [0.1, 0.15) is 6.42 Å². The van der Waals surface area contributed by atoms with Gasteiger partial charge in [0.2, 0.25) is 0 Å². The largest absolute Gasteiger partial charge is 0.460 e. The third kappa shape index (κ3) is 6.22. The van der Waals surface area contributed by atoms with Gasteiger partial charge in [-0.2, -0.15) is 83.4 Å². The third-order valence-electron chi connectivity index (χ3n) is 5.17. The number of nitrogens with one attached hydrogen (secondary N) is 1. The minimum absolute atomic E-state index is 0.211. The summed E-state index contributed by atoms with van der Waals surface area (Å²) >= 11 is 0. The summed E-state index contributed by atoms with van der Waals surface area (Å²) in [5, 5.41) is 18.2. The first-order chi connectivity index (χ1) is 17.9. The number of rotatable bonds is 16. The first-order valence-corrected chi connectivity index (χ1v) is 10.2. The molecule has 0 saturated carbocycles. The van der Waals surface area contributed by atoms with E-state index in [-0.39, 0.29) is 19.6 Å². The van der Waals surface area contributed by atoms with Crippen molar-refractivity contribution in [3.8, 4) is 0 Å². The lowest BCUT2D eigenvalue weighted by Crippen LogP contribution is -2.76. The van der Waals surface area contributed by atoms with E-state index < -0.39 is 85.6 Å². The Kier molecular flexibility index (Phi) is 11.4. The fraction of sp³-hybridized carbons (Fsp3) is 0.941. The average Bonchev–Trinajstić information content (AvgIpc) is 2.80. The van der Waals surface area contributed by atoms with E-state index in [9.17, 15) is 88.2 Å². The SMILES string of the molecule is O=C(NCCCN(CCO)CCO)C(F)(F)C(F)(F)C(F)(F)C(F)(F)C(F)(F)C(F)(F)C(F)(F)C(F)(F)C(F)(F)F. The van der Waals surface area contributed by atoms with Crippen molar-refractivity contribution in [3.05, 3.63) is 0 Å². The normalized spacial score (nSPS) is 15.5. The molecule has 0 unspecified atom stereocenters. The van der Waals surface area contributed by atoms with E-state index in [2.05, 4.69) is 0 Å². The van der Waals surface area contributed by atoms with E-state index in [4.69, 9.17) is 10.2 Å². The lowest BCUT2D eigenvalue weighted by molar-refractivity contribution is -0.467. The topological polar surface area (TPSA) is 72.8 Å². The van der Waals surface area contributed by atoms with E-state index >= 15 is 0 Å². The predicted molar refractivity (Wildman–Crippen MR) is 93.9 cm³/mol. The summed E-state index contributed by atoms with van der Waals surface area (Å²) in [5.74, 6) is -72.1. The van der Waals surface area contributed by atoms with Crippen molar-refractivity contribution in [2.75, 3.05) is 39.4 Å². The maximum Gasteiger partial charge on any atom is 0.460 e. The molecule has 0 atom stereocenters. The first kappa shape index (κ1) is 39.0. The lowest BCUT2D eigenvalue weighted by Gasteiger charge is -2.43. The van der Waals surface area contributed by atoms with Crippen LogP contribution in [0.2, 0.25) is 0 Å². The number of amides is 1. The molecule has 0 radical (unpaired) electrons. The molecule has 1 amide bonds. The van der Waals surface area contributed by atoms with Crippen molar-refractivity contribution < 1.29 is 98.4 Å². The predicted octanol–water partition coefficient (Wildman–Crippen LogP) is 4.42. The Hall–Kier alpha value is -1.98. The van der Waals surface area contributed by atoms with Crippen molar-refractivity contribution in [1.82, 2.24) is 10.2 Å². The molecule has 0 spiro atoms. The minimum Gasteiger partial charge on any atom is -0.395 e. The highest BCUT2D eigenvalue weighted by molar-refractivity contribution is 5.84. The number of alkyl halides is 19. The Morgan fingerprint density at radius 3 is 1.15 bits per heavy atom. The molecule has 0 fully saturated rings. The van der Waals surface area contributed by atoms with E-state index in [0.717, 1.165) is 10.2 Å². The van der Waals surface area contributed by atoms with Crippen LogP contribution in [-0.4, -0.2) is 114 Å². The maximum absolute atomic E-state index is 13.8. The molecule has 0 aliphatic heterocycles. The highest BCUT2D eigenvalue weighted by Crippen LogP contribution is 2.65. The summed E-state index contributed by atoms with van der Waals surface area (Å²) < 4.78 is 252. The second kappa shape index (κ2) is 12.0. The fourth-order valence-electron chi connectivity index (χ4n) is 2.74. The standard InChI is InChI=1S/C17H17F19N2O3/c18-9(19,8(41)37-2-1-3-38(4-6-39)5-7-40)10(20,21)11(22,23)12(24,25)13(26,27)14(28,29)15(30,31)16(32,33)17(34,35)36/h39-40H,1-7H2,(H,37,41). The van der Waals surface area contributed by atoms with Crippen LogP contribution in [0, 0.1) is 0 Å². The van der Waals surface area contributed by atoms with Gasteiger partial charge in [-0.25, -0.2) is 0 Å². The van der Waals surface area contributed by atoms with Crippen molar-refractivity contribution in [2.45, 2.75) is 60.0 Å². The molecule has 0 aromatic carbocycles. The van der Waals surface area contributed by atoms with Crippen LogP contribution in [-0.2, 0) is 4.79 Å². The van der Waals surface area contributed by atoms with Crippen LogP contribution in [0.15, 0.2) is 0 Å². The highest BCUT2D eigenvalue weighted by Gasteiger charge is 2.97. The summed E-state index contributed by atoms with van der Waals surface area (Å²) in [4.78, 5) is 12.5. The number of carbonyl (C=O) groups is 1. The molecule has 0 aromatic heterocycles. The monoisotopic (exact) mass is 658 g/mol. The third-order valence-corrected chi connectivity index (χ3v) is 5.17. The van der Waals surface area contributed by atoms with Gasteiger partial charge in [0.25, 0.3) is 5.91 Å². The van der Waals surface area contributed by atoms with E-state index in [1.54, 1.807) is 0 Å². The van der Waals surface area contributed by atoms with Gasteiger partial charge < -0.3 is 15.5 Å². The Balaban J connectivity index is 6.32. The van der Waals surface area contributed by atoms with E-state index in [0.29, 0.717) is 0 Å². The molecule has 0 bridgehead atoms. The Bertz CT molecular complexity index is 884. The molecule has 3 N–H and O–H groups in total.